The lowest BCUT2D eigenvalue weighted by Crippen LogP contribution is -2.56. The van der Waals surface area contributed by atoms with Crippen LogP contribution in [0, 0.1) is 5.41 Å². The predicted molar refractivity (Wildman–Crippen MR) is 68.2 cm³/mol. The van der Waals surface area contributed by atoms with Crippen molar-refractivity contribution in [2.75, 3.05) is 39.4 Å². The SMILES string of the molecule is CC(C)(C)C(=O)N1CCN(C2COCC2O)CC1. The molecule has 5 heteroatoms. The Labute approximate surface area is 109 Å². The van der Waals surface area contributed by atoms with Crippen LogP contribution in [0.25, 0.3) is 0 Å². The number of rotatable bonds is 1. The maximum absolute atomic E-state index is 12.1. The number of piperazine rings is 1. The Balaban J connectivity index is 1.86. The molecule has 1 N–H and O–H groups in total. The second-order valence-electron chi connectivity index (χ2n) is 6.25. The molecule has 2 aliphatic heterocycles. The van der Waals surface area contributed by atoms with Crippen molar-refractivity contribution in [1.82, 2.24) is 9.80 Å². The molecule has 5 nitrogen and oxygen atoms in total. The molecule has 2 rings (SSSR count). The number of ether oxygens (including phenoxy) is 1. The van der Waals surface area contributed by atoms with Gasteiger partial charge in [0.1, 0.15) is 0 Å². The van der Waals surface area contributed by atoms with E-state index in [9.17, 15) is 9.90 Å². The third kappa shape index (κ3) is 2.84. The van der Waals surface area contributed by atoms with Crippen LogP contribution in [-0.2, 0) is 9.53 Å². The van der Waals surface area contributed by atoms with Crippen molar-refractivity contribution in [3.63, 3.8) is 0 Å². The van der Waals surface area contributed by atoms with Gasteiger partial charge in [0.25, 0.3) is 0 Å². The van der Waals surface area contributed by atoms with E-state index in [2.05, 4.69) is 4.90 Å². The predicted octanol–water partition coefficient (Wildman–Crippen LogP) is -0.0636. The quantitative estimate of drug-likeness (QED) is 0.714. The van der Waals surface area contributed by atoms with Crippen LogP contribution in [0.4, 0.5) is 0 Å². The van der Waals surface area contributed by atoms with Crippen molar-refractivity contribution in [2.24, 2.45) is 5.41 Å². The molecule has 2 heterocycles. The van der Waals surface area contributed by atoms with Crippen molar-refractivity contribution in [3.05, 3.63) is 0 Å². The molecule has 0 spiro atoms. The van der Waals surface area contributed by atoms with Crippen LogP contribution in [-0.4, -0.2) is 72.4 Å². The van der Waals surface area contributed by atoms with E-state index in [1.165, 1.54) is 0 Å². The molecule has 0 aliphatic carbocycles. The third-order valence-corrected chi connectivity index (χ3v) is 3.73. The molecule has 104 valence electrons. The van der Waals surface area contributed by atoms with Gasteiger partial charge >= 0.3 is 0 Å². The monoisotopic (exact) mass is 256 g/mol. The second kappa shape index (κ2) is 5.15. The fourth-order valence-corrected chi connectivity index (χ4v) is 2.61. The number of aliphatic hydroxyl groups excluding tert-OH is 1. The largest absolute Gasteiger partial charge is 0.389 e. The highest BCUT2D eigenvalue weighted by Crippen LogP contribution is 2.20. The van der Waals surface area contributed by atoms with Crippen LogP contribution >= 0.6 is 0 Å². The Bertz CT molecular complexity index is 306. The fraction of sp³-hybridized carbons (Fsp3) is 0.923. The number of nitrogens with zero attached hydrogens (tertiary/aromatic N) is 2. The van der Waals surface area contributed by atoms with Gasteiger partial charge in [0.05, 0.1) is 25.4 Å². The molecule has 0 saturated carbocycles. The Kier molecular flexibility index (Phi) is 3.94. The standard InChI is InChI=1S/C13H24N2O3/c1-13(2,3)12(17)15-6-4-14(5-7-15)10-8-18-9-11(10)16/h10-11,16H,4-9H2,1-3H3. The summed E-state index contributed by atoms with van der Waals surface area (Å²) in [5, 5.41) is 9.80. The first-order valence-electron chi connectivity index (χ1n) is 6.69. The van der Waals surface area contributed by atoms with Gasteiger partial charge in [0.2, 0.25) is 5.91 Å². The maximum atomic E-state index is 12.1. The first-order valence-corrected chi connectivity index (χ1v) is 6.69. The molecule has 0 aromatic rings. The van der Waals surface area contributed by atoms with Crippen LogP contribution in [0.5, 0.6) is 0 Å². The smallest absolute Gasteiger partial charge is 0.228 e. The average molecular weight is 256 g/mol. The van der Waals surface area contributed by atoms with Crippen LogP contribution in [0.15, 0.2) is 0 Å². The summed E-state index contributed by atoms with van der Waals surface area (Å²) in [6.45, 7) is 10.1. The number of hydrogen-bond donors (Lipinski definition) is 1. The van der Waals surface area contributed by atoms with Crippen LogP contribution in [0.3, 0.4) is 0 Å². The molecule has 2 fully saturated rings. The number of carbonyl (C=O) groups is 1. The lowest BCUT2D eigenvalue weighted by atomic mass is 9.94. The Morgan fingerprint density at radius 2 is 1.78 bits per heavy atom. The van der Waals surface area contributed by atoms with E-state index in [-0.39, 0.29) is 23.5 Å². The van der Waals surface area contributed by atoms with E-state index in [0.29, 0.717) is 13.2 Å². The van der Waals surface area contributed by atoms with E-state index in [1.54, 1.807) is 0 Å². The van der Waals surface area contributed by atoms with Gasteiger partial charge in [-0.1, -0.05) is 20.8 Å². The highest BCUT2D eigenvalue weighted by atomic mass is 16.5. The van der Waals surface area contributed by atoms with Crippen molar-refractivity contribution in [1.29, 1.82) is 0 Å². The van der Waals surface area contributed by atoms with E-state index < -0.39 is 0 Å². The molecule has 0 radical (unpaired) electrons. The van der Waals surface area contributed by atoms with Crippen molar-refractivity contribution >= 4 is 5.91 Å². The molecule has 2 unspecified atom stereocenters. The Morgan fingerprint density at radius 1 is 1.17 bits per heavy atom. The molecule has 2 atom stereocenters. The van der Waals surface area contributed by atoms with Crippen molar-refractivity contribution in [3.8, 4) is 0 Å². The van der Waals surface area contributed by atoms with Gasteiger partial charge in [-0.05, 0) is 0 Å². The minimum Gasteiger partial charge on any atom is -0.389 e. The summed E-state index contributed by atoms with van der Waals surface area (Å²) >= 11 is 0. The van der Waals surface area contributed by atoms with Crippen LogP contribution in [0.2, 0.25) is 0 Å². The first kappa shape index (κ1) is 13.8. The fourth-order valence-electron chi connectivity index (χ4n) is 2.61. The van der Waals surface area contributed by atoms with Gasteiger partial charge < -0.3 is 14.7 Å². The summed E-state index contributed by atoms with van der Waals surface area (Å²) in [4.78, 5) is 16.3. The molecule has 1 amide bonds. The summed E-state index contributed by atoms with van der Waals surface area (Å²) in [6.07, 6.45) is -0.380. The summed E-state index contributed by atoms with van der Waals surface area (Å²) in [5.41, 5.74) is -0.307. The van der Waals surface area contributed by atoms with Crippen molar-refractivity contribution in [2.45, 2.75) is 32.9 Å². The van der Waals surface area contributed by atoms with Gasteiger partial charge in [-0.3, -0.25) is 9.69 Å². The Hall–Kier alpha value is -0.650. The Morgan fingerprint density at radius 3 is 2.22 bits per heavy atom. The topological polar surface area (TPSA) is 53.0 Å². The van der Waals surface area contributed by atoms with E-state index in [1.807, 2.05) is 25.7 Å². The van der Waals surface area contributed by atoms with Gasteiger partial charge in [-0.2, -0.15) is 0 Å². The van der Waals surface area contributed by atoms with Crippen LogP contribution < -0.4 is 0 Å². The minimum atomic E-state index is -0.380. The number of hydrogen-bond acceptors (Lipinski definition) is 4. The van der Waals surface area contributed by atoms with Crippen LogP contribution in [0.1, 0.15) is 20.8 Å². The molecule has 0 bridgehead atoms. The zero-order valence-electron chi connectivity index (χ0n) is 11.6. The molecule has 0 aromatic carbocycles. The number of amides is 1. The maximum Gasteiger partial charge on any atom is 0.228 e. The zero-order valence-corrected chi connectivity index (χ0v) is 11.6. The lowest BCUT2D eigenvalue weighted by Gasteiger charge is -2.40. The summed E-state index contributed by atoms with van der Waals surface area (Å²) in [7, 11) is 0. The summed E-state index contributed by atoms with van der Waals surface area (Å²) < 4.78 is 5.28. The molecule has 18 heavy (non-hydrogen) atoms. The molecular formula is C13H24N2O3. The van der Waals surface area contributed by atoms with E-state index in [4.69, 9.17) is 4.74 Å². The highest BCUT2D eigenvalue weighted by Gasteiger charge is 2.35. The average Bonchev–Trinajstić information content (AvgIpc) is 2.73. The van der Waals surface area contributed by atoms with Crippen molar-refractivity contribution < 1.29 is 14.6 Å². The normalized spacial score (nSPS) is 30.8. The van der Waals surface area contributed by atoms with E-state index >= 15 is 0 Å². The molecule has 0 aromatic heterocycles. The number of carbonyl (C=O) groups excluding carboxylic acids is 1. The molecular weight excluding hydrogens is 232 g/mol. The summed E-state index contributed by atoms with van der Waals surface area (Å²) in [5.74, 6) is 0.213. The second-order valence-corrected chi connectivity index (χ2v) is 6.25. The minimum absolute atomic E-state index is 0.108. The van der Waals surface area contributed by atoms with Gasteiger partial charge in [0, 0.05) is 31.6 Å². The highest BCUT2D eigenvalue weighted by molar-refractivity contribution is 5.81. The molecule has 2 aliphatic rings. The summed E-state index contributed by atoms with van der Waals surface area (Å²) in [6, 6.07) is 0.108. The molecule has 2 saturated heterocycles. The van der Waals surface area contributed by atoms with Gasteiger partial charge in [0.15, 0.2) is 0 Å². The lowest BCUT2D eigenvalue weighted by molar-refractivity contribution is -0.141. The number of aliphatic hydroxyl groups is 1. The third-order valence-electron chi connectivity index (χ3n) is 3.73. The van der Waals surface area contributed by atoms with E-state index in [0.717, 1.165) is 26.2 Å². The zero-order chi connectivity index (χ0) is 13.3. The van der Waals surface area contributed by atoms with Gasteiger partial charge in [-0.25, -0.2) is 0 Å². The first-order chi connectivity index (χ1) is 8.39. The van der Waals surface area contributed by atoms with Gasteiger partial charge in [-0.15, -0.1) is 0 Å².